The lowest BCUT2D eigenvalue weighted by atomic mass is 10.00. The van der Waals surface area contributed by atoms with Crippen molar-refractivity contribution in [1.29, 1.82) is 0 Å². The second-order valence-corrected chi connectivity index (χ2v) is 4.61. The van der Waals surface area contributed by atoms with Crippen molar-refractivity contribution >= 4 is 11.9 Å². The Balaban J connectivity index is 2.85. The first kappa shape index (κ1) is 14.0. The van der Waals surface area contributed by atoms with Crippen molar-refractivity contribution < 1.29 is 19.4 Å². The molecule has 0 radical (unpaired) electrons. The van der Waals surface area contributed by atoms with E-state index in [0.717, 1.165) is 0 Å². The summed E-state index contributed by atoms with van der Waals surface area (Å²) in [5.41, 5.74) is -0.428. The molecule has 0 aliphatic carbocycles. The number of amides is 1. The number of carboxylic acid groups (broad SMARTS) is 1. The smallest absolute Gasteiger partial charge is 0.305 e. The number of para-hydroxylation sites is 1. The molecule has 0 aliphatic heterocycles. The van der Waals surface area contributed by atoms with Crippen LogP contribution < -0.4 is 10.1 Å². The average Bonchev–Trinajstić information content (AvgIpc) is 2.26. The van der Waals surface area contributed by atoms with Gasteiger partial charge >= 0.3 is 5.97 Å². The Labute approximate surface area is 106 Å². The third-order valence-electron chi connectivity index (χ3n) is 2.40. The summed E-state index contributed by atoms with van der Waals surface area (Å²) < 4.78 is 5.08. The van der Waals surface area contributed by atoms with Crippen LogP contribution in [-0.4, -0.2) is 29.6 Å². The van der Waals surface area contributed by atoms with Crippen LogP contribution in [0.4, 0.5) is 0 Å². The van der Waals surface area contributed by atoms with Gasteiger partial charge in [0.05, 0.1) is 19.1 Å². The van der Waals surface area contributed by atoms with Crippen molar-refractivity contribution in [2.24, 2.45) is 0 Å². The van der Waals surface area contributed by atoms with E-state index >= 15 is 0 Å². The molecule has 0 aromatic heterocycles. The van der Waals surface area contributed by atoms with E-state index in [4.69, 9.17) is 9.84 Å². The standard InChI is InChI=1S/C13H17NO4/c1-13(2,8-11(15)16)14-12(17)9-6-4-5-7-10(9)18-3/h4-7H,8H2,1-3H3,(H,14,17)(H,15,16). The molecule has 0 atom stereocenters. The number of hydrogen-bond donors (Lipinski definition) is 2. The van der Waals surface area contributed by atoms with Crippen molar-refractivity contribution in [2.75, 3.05) is 7.11 Å². The maximum Gasteiger partial charge on any atom is 0.305 e. The number of rotatable bonds is 5. The molecule has 0 unspecified atom stereocenters. The van der Waals surface area contributed by atoms with Gasteiger partial charge in [-0.1, -0.05) is 12.1 Å². The van der Waals surface area contributed by atoms with Crippen LogP contribution in [0.5, 0.6) is 5.75 Å². The lowest BCUT2D eigenvalue weighted by Crippen LogP contribution is -2.45. The highest BCUT2D eigenvalue weighted by atomic mass is 16.5. The maximum atomic E-state index is 12.0. The summed E-state index contributed by atoms with van der Waals surface area (Å²) in [5.74, 6) is -0.847. The lowest BCUT2D eigenvalue weighted by molar-refractivity contribution is -0.138. The number of benzene rings is 1. The third-order valence-corrected chi connectivity index (χ3v) is 2.40. The Morgan fingerprint density at radius 3 is 2.50 bits per heavy atom. The van der Waals surface area contributed by atoms with E-state index in [1.54, 1.807) is 38.1 Å². The highest BCUT2D eigenvalue weighted by Gasteiger charge is 2.25. The maximum absolute atomic E-state index is 12.0. The molecule has 1 rings (SSSR count). The van der Waals surface area contributed by atoms with Crippen molar-refractivity contribution in [1.82, 2.24) is 5.32 Å². The summed E-state index contributed by atoms with van der Waals surface area (Å²) in [7, 11) is 1.48. The van der Waals surface area contributed by atoms with Gasteiger partial charge in [-0.2, -0.15) is 0 Å². The van der Waals surface area contributed by atoms with E-state index in [9.17, 15) is 9.59 Å². The number of hydrogen-bond acceptors (Lipinski definition) is 3. The quantitative estimate of drug-likeness (QED) is 0.834. The average molecular weight is 251 g/mol. The second-order valence-electron chi connectivity index (χ2n) is 4.61. The Kier molecular flexibility index (Phi) is 4.31. The van der Waals surface area contributed by atoms with E-state index in [1.165, 1.54) is 7.11 Å². The number of aliphatic carboxylic acids is 1. The summed E-state index contributed by atoms with van der Waals surface area (Å²) in [4.78, 5) is 22.7. The normalized spacial score (nSPS) is 10.8. The van der Waals surface area contributed by atoms with Gasteiger partial charge in [0, 0.05) is 5.54 Å². The van der Waals surface area contributed by atoms with E-state index < -0.39 is 11.5 Å². The fraction of sp³-hybridized carbons (Fsp3) is 0.385. The number of carboxylic acids is 1. The van der Waals surface area contributed by atoms with Crippen molar-refractivity contribution in [3.63, 3.8) is 0 Å². The van der Waals surface area contributed by atoms with Gasteiger partial charge in [-0.15, -0.1) is 0 Å². The predicted octanol–water partition coefficient (Wildman–Crippen LogP) is 1.68. The summed E-state index contributed by atoms with van der Waals surface area (Å²) in [6.45, 7) is 3.32. The highest BCUT2D eigenvalue weighted by Crippen LogP contribution is 2.18. The van der Waals surface area contributed by atoms with Crippen LogP contribution in [0.3, 0.4) is 0 Å². The minimum atomic E-state index is -0.958. The molecular formula is C13H17NO4. The van der Waals surface area contributed by atoms with Gasteiger partial charge in [0.15, 0.2) is 0 Å². The van der Waals surface area contributed by atoms with Crippen molar-refractivity contribution in [3.8, 4) is 5.75 Å². The molecule has 0 bridgehead atoms. The predicted molar refractivity (Wildman–Crippen MR) is 66.8 cm³/mol. The van der Waals surface area contributed by atoms with Gasteiger partial charge < -0.3 is 15.2 Å². The zero-order valence-corrected chi connectivity index (χ0v) is 10.7. The topological polar surface area (TPSA) is 75.6 Å². The molecule has 1 amide bonds. The minimum Gasteiger partial charge on any atom is -0.496 e. The fourth-order valence-electron chi connectivity index (χ4n) is 1.63. The zero-order chi connectivity index (χ0) is 13.8. The number of ether oxygens (including phenoxy) is 1. The highest BCUT2D eigenvalue weighted by molar-refractivity contribution is 5.97. The Morgan fingerprint density at radius 1 is 1.33 bits per heavy atom. The molecule has 18 heavy (non-hydrogen) atoms. The summed E-state index contributed by atoms with van der Waals surface area (Å²) in [5, 5.41) is 11.4. The zero-order valence-electron chi connectivity index (χ0n) is 10.7. The Hall–Kier alpha value is -2.04. The van der Waals surface area contributed by atoms with Crippen molar-refractivity contribution in [2.45, 2.75) is 25.8 Å². The molecule has 0 heterocycles. The third kappa shape index (κ3) is 3.76. The molecule has 98 valence electrons. The fourth-order valence-corrected chi connectivity index (χ4v) is 1.63. The van der Waals surface area contributed by atoms with Gasteiger partial charge in [-0.3, -0.25) is 9.59 Å². The monoisotopic (exact) mass is 251 g/mol. The molecular weight excluding hydrogens is 234 g/mol. The SMILES string of the molecule is COc1ccccc1C(=O)NC(C)(C)CC(=O)O. The van der Waals surface area contributed by atoms with Crippen LogP contribution in [0.25, 0.3) is 0 Å². The first-order chi connectivity index (χ1) is 8.35. The number of methoxy groups -OCH3 is 1. The van der Waals surface area contributed by atoms with Gasteiger partial charge in [0.25, 0.3) is 5.91 Å². The summed E-state index contributed by atoms with van der Waals surface area (Å²) in [6, 6.07) is 6.80. The van der Waals surface area contributed by atoms with Gasteiger partial charge in [0.2, 0.25) is 0 Å². The van der Waals surface area contributed by atoms with Gasteiger partial charge in [0.1, 0.15) is 5.75 Å². The Morgan fingerprint density at radius 2 is 1.94 bits per heavy atom. The van der Waals surface area contributed by atoms with Gasteiger partial charge in [-0.25, -0.2) is 0 Å². The largest absolute Gasteiger partial charge is 0.496 e. The molecule has 0 spiro atoms. The number of carbonyl (C=O) groups is 2. The number of carbonyl (C=O) groups excluding carboxylic acids is 1. The minimum absolute atomic E-state index is 0.145. The molecule has 0 aliphatic rings. The van der Waals surface area contributed by atoms with E-state index in [-0.39, 0.29) is 12.3 Å². The number of nitrogens with one attached hydrogen (secondary N) is 1. The second kappa shape index (κ2) is 5.53. The van der Waals surface area contributed by atoms with Crippen LogP contribution in [0, 0.1) is 0 Å². The first-order valence-electron chi connectivity index (χ1n) is 5.53. The lowest BCUT2D eigenvalue weighted by Gasteiger charge is -2.24. The molecule has 2 N–H and O–H groups in total. The Bertz CT molecular complexity index is 454. The van der Waals surface area contributed by atoms with Crippen LogP contribution in [0.2, 0.25) is 0 Å². The molecule has 0 saturated carbocycles. The molecule has 0 saturated heterocycles. The molecule has 0 fully saturated rings. The molecule has 5 heteroatoms. The van der Waals surface area contributed by atoms with Crippen LogP contribution in [0.1, 0.15) is 30.6 Å². The first-order valence-corrected chi connectivity index (χ1v) is 5.53. The van der Waals surface area contributed by atoms with E-state index in [2.05, 4.69) is 5.32 Å². The molecule has 5 nitrogen and oxygen atoms in total. The van der Waals surface area contributed by atoms with Crippen LogP contribution in [-0.2, 0) is 4.79 Å². The van der Waals surface area contributed by atoms with Crippen LogP contribution in [0.15, 0.2) is 24.3 Å². The van der Waals surface area contributed by atoms with Gasteiger partial charge in [-0.05, 0) is 26.0 Å². The molecule has 1 aromatic carbocycles. The van der Waals surface area contributed by atoms with Crippen molar-refractivity contribution in [3.05, 3.63) is 29.8 Å². The van der Waals surface area contributed by atoms with E-state index in [1.807, 2.05) is 0 Å². The van der Waals surface area contributed by atoms with E-state index in [0.29, 0.717) is 11.3 Å². The van der Waals surface area contributed by atoms with Crippen LogP contribution >= 0.6 is 0 Å². The molecule has 1 aromatic rings. The summed E-state index contributed by atoms with van der Waals surface area (Å²) >= 11 is 0. The summed E-state index contributed by atoms with van der Waals surface area (Å²) in [6.07, 6.45) is -0.145.